The van der Waals surface area contributed by atoms with Crippen molar-refractivity contribution in [3.63, 3.8) is 0 Å². The standard InChI is InChI=1S/C18H24N4O2/c1-18(2,3)24-16-7-4-13(8-20-16)9-21-17(23)14-5-6-15-10-19-12-22(15)11-14/h4,7-8,10,12,14H,5-6,9,11H2,1-3H3,(H,21,23). The summed E-state index contributed by atoms with van der Waals surface area (Å²) < 4.78 is 7.76. The minimum atomic E-state index is -0.268. The van der Waals surface area contributed by atoms with E-state index in [1.165, 1.54) is 5.69 Å². The molecule has 0 radical (unpaired) electrons. The van der Waals surface area contributed by atoms with Crippen LogP contribution in [-0.4, -0.2) is 26.0 Å². The van der Waals surface area contributed by atoms with E-state index in [0.717, 1.165) is 18.4 Å². The Morgan fingerprint density at radius 3 is 2.92 bits per heavy atom. The Morgan fingerprint density at radius 1 is 1.38 bits per heavy atom. The molecule has 1 N–H and O–H groups in total. The number of nitrogens with one attached hydrogen (secondary N) is 1. The van der Waals surface area contributed by atoms with Crippen LogP contribution in [0, 0.1) is 5.92 Å². The summed E-state index contributed by atoms with van der Waals surface area (Å²) in [5.74, 6) is 0.685. The molecule has 0 aromatic carbocycles. The quantitative estimate of drug-likeness (QED) is 0.935. The molecule has 1 aliphatic rings. The fourth-order valence-corrected chi connectivity index (χ4v) is 2.81. The highest BCUT2D eigenvalue weighted by Gasteiger charge is 2.24. The third-order valence-electron chi connectivity index (χ3n) is 4.01. The van der Waals surface area contributed by atoms with Gasteiger partial charge in [-0.05, 0) is 39.2 Å². The van der Waals surface area contributed by atoms with Crippen molar-refractivity contribution >= 4 is 5.91 Å². The molecule has 6 nitrogen and oxygen atoms in total. The van der Waals surface area contributed by atoms with E-state index in [-0.39, 0.29) is 17.4 Å². The number of hydrogen-bond acceptors (Lipinski definition) is 4. The van der Waals surface area contributed by atoms with Crippen molar-refractivity contribution in [3.8, 4) is 5.88 Å². The number of aryl methyl sites for hydroxylation is 1. The van der Waals surface area contributed by atoms with Gasteiger partial charge in [-0.25, -0.2) is 9.97 Å². The lowest BCUT2D eigenvalue weighted by atomic mass is 9.97. The molecule has 24 heavy (non-hydrogen) atoms. The molecule has 128 valence electrons. The second kappa shape index (κ2) is 6.63. The molecule has 0 saturated heterocycles. The normalized spacial score (nSPS) is 17.2. The Balaban J connectivity index is 1.51. The van der Waals surface area contributed by atoms with Crippen LogP contribution < -0.4 is 10.1 Å². The number of hydrogen-bond donors (Lipinski definition) is 1. The minimum Gasteiger partial charge on any atom is -0.472 e. The Kier molecular flexibility index (Phi) is 4.55. The number of nitrogens with zero attached hydrogens (tertiary/aromatic N) is 3. The lowest BCUT2D eigenvalue weighted by Crippen LogP contribution is -2.35. The molecule has 1 atom stereocenters. The summed E-state index contributed by atoms with van der Waals surface area (Å²) in [6.45, 7) is 7.14. The van der Waals surface area contributed by atoms with Crippen molar-refractivity contribution in [1.82, 2.24) is 19.9 Å². The first-order chi connectivity index (χ1) is 11.4. The van der Waals surface area contributed by atoms with Crippen molar-refractivity contribution in [2.24, 2.45) is 5.92 Å². The zero-order valence-electron chi connectivity index (χ0n) is 14.5. The number of fused-ring (bicyclic) bond motifs is 1. The van der Waals surface area contributed by atoms with Crippen LogP contribution in [0.25, 0.3) is 0 Å². The maximum Gasteiger partial charge on any atom is 0.225 e. The van der Waals surface area contributed by atoms with Gasteiger partial charge < -0.3 is 14.6 Å². The summed E-state index contributed by atoms with van der Waals surface area (Å²) in [5, 5.41) is 3.01. The molecule has 1 aliphatic heterocycles. The van der Waals surface area contributed by atoms with Crippen molar-refractivity contribution in [3.05, 3.63) is 42.1 Å². The van der Waals surface area contributed by atoms with Crippen LogP contribution in [0.4, 0.5) is 0 Å². The van der Waals surface area contributed by atoms with Gasteiger partial charge in [-0.2, -0.15) is 0 Å². The predicted molar refractivity (Wildman–Crippen MR) is 90.5 cm³/mol. The predicted octanol–water partition coefficient (Wildman–Crippen LogP) is 2.33. The van der Waals surface area contributed by atoms with Gasteiger partial charge in [0.1, 0.15) is 5.60 Å². The third kappa shape index (κ3) is 4.13. The van der Waals surface area contributed by atoms with Gasteiger partial charge in [-0.3, -0.25) is 4.79 Å². The molecule has 6 heteroatoms. The smallest absolute Gasteiger partial charge is 0.225 e. The summed E-state index contributed by atoms with van der Waals surface area (Å²) in [5.41, 5.74) is 1.90. The first kappa shape index (κ1) is 16.5. The van der Waals surface area contributed by atoms with Crippen molar-refractivity contribution in [2.75, 3.05) is 0 Å². The first-order valence-corrected chi connectivity index (χ1v) is 8.31. The van der Waals surface area contributed by atoms with Gasteiger partial charge in [0.15, 0.2) is 0 Å². The summed E-state index contributed by atoms with van der Waals surface area (Å²) >= 11 is 0. The van der Waals surface area contributed by atoms with Crippen LogP contribution in [0.5, 0.6) is 5.88 Å². The highest BCUT2D eigenvalue weighted by molar-refractivity contribution is 5.78. The number of carbonyl (C=O) groups is 1. The first-order valence-electron chi connectivity index (χ1n) is 8.31. The van der Waals surface area contributed by atoms with Crippen molar-refractivity contribution < 1.29 is 9.53 Å². The number of ether oxygens (including phenoxy) is 1. The molecule has 1 unspecified atom stereocenters. The van der Waals surface area contributed by atoms with E-state index < -0.39 is 0 Å². The monoisotopic (exact) mass is 328 g/mol. The number of pyridine rings is 1. The van der Waals surface area contributed by atoms with Crippen LogP contribution >= 0.6 is 0 Å². The molecule has 0 aliphatic carbocycles. The lowest BCUT2D eigenvalue weighted by Gasteiger charge is -2.23. The molecule has 0 spiro atoms. The van der Waals surface area contributed by atoms with E-state index in [2.05, 4.69) is 19.9 Å². The second-order valence-electron chi connectivity index (χ2n) is 7.21. The van der Waals surface area contributed by atoms with Crippen LogP contribution in [0.15, 0.2) is 30.9 Å². The Hall–Kier alpha value is -2.37. The van der Waals surface area contributed by atoms with Crippen molar-refractivity contribution in [2.45, 2.75) is 52.3 Å². The van der Waals surface area contributed by atoms with Crippen molar-refractivity contribution in [1.29, 1.82) is 0 Å². The average molecular weight is 328 g/mol. The number of aromatic nitrogens is 3. The molecule has 0 bridgehead atoms. The largest absolute Gasteiger partial charge is 0.472 e. The highest BCUT2D eigenvalue weighted by atomic mass is 16.5. The molecule has 3 rings (SSSR count). The Labute approximate surface area is 142 Å². The molecule has 2 aromatic rings. The maximum absolute atomic E-state index is 12.4. The molecule has 1 amide bonds. The van der Waals surface area contributed by atoms with Gasteiger partial charge in [-0.1, -0.05) is 6.07 Å². The number of rotatable bonds is 4. The Morgan fingerprint density at radius 2 is 2.21 bits per heavy atom. The van der Waals surface area contributed by atoms with Crippen LogP contribution in [0.1, 0.15) is 38.4 Å². The average Bonchev–Trinajstić information content (AvgIpc) is 3.00. The van der Waals surface area contributed by atoms with Gasteiger partial charge in [0.2, 0.25) is 11.8 Å². The van der Waals surface area contributed by atoms with Gasteiger partial charge in [0.05, 0.1) is 12.2 Å². The van der Waals surface area contributed by atoms with Gasteiger partial charge in [-0.15, -0.1) is 0 Å². The topological polar surface area (TPSA) is 69.0 Å². The van der Waals surface area contributed by atoms with Gasteiger partial charge >= 0.3 is 0 Å². The van der Waals surface area contributed by atoms with Gasteiger partial charge in [0.25, 0.3) is 0 Å². The highest BCUT2D eigenvalue weighted by Crippen LogP contribution is 2.20. The second-order valence-corrected chi connectivity index (χ2v) is 7.21. The minimum absolute atomic E-state index is 0.00292. The van der Waals surface area contributed by atoms with Crippen LogP contribution in [0.3, 0.4) is 0 Å². The maximum atomic E-state index is 12.4. The molecular weight excluding hydrogens is 304 g/mol. The van der Waals surface area contributed by atoms with E-state index in [0.29, 0.717) is 19.0 Å². The third-order valence-corrected chi connectivity index (χ3v) is 4.01. The van der Waals surface area contributed by atoms with E-state index in [1.54, 1.807) is 12.5 Å². The summed E-state index contributed by atoms with van der Waals surface area (Å²) in [6.07, 6.45) is 7.19. The lowest BCUT2D eigenvalue weighted by molar-refractivity contribution is -0.126. The van der Waals surface area contributed by atoms with Crippen LogP contribution in [-0.2, 0) is 24.3 Å². The number of amides is 1. The molecular formula is C18H24N4O2. The molecule has 3 heterocycles. The fourth-order valence-electron chi connectivity index (χ4n) is 2.81. The molecule has 0 saturated carbocycles. The fraction of sp³-hybridized carbons (Fsp3) is 0.500. The number of carbonyl (C=O) groups excluding carboxylic acids is 1. The van der Waals surface area contributed by atoms with E-state index in [1.807, 2.05) is 39.1 Å². The molecule has 0 fully saturated rings. The SMILES string of the molecule is CC(C)(C)Oc1ccc(CNC(=O)C2CCc3cncn3C2)cn1. The molecule has 2 aromatic heterocycles. The van der Waals surface area contributed by atoms with Crippen LogP contribution in [0.2, 0.25) is 0 Å². The van der Waals surface area contributed by atoms with E-state index in [4.69, 9.17) is 4.74 Å². The van der Waals surface area contributed by atoms with Gasteiger partial charge in [0, 0.05) is 37.2 Å². The zero-order valence-corrected chi connectivity index (χ0v) is 14.5. The zero-order chi connectivity index (χ0) is 17.2. The summed E-state index contributed by atoms with van der Waals surface area (Å²) in [6, 6.07) is 3.77. The van der Waals surface area contributed by atoms with E-state index in [9.17, 15) is 4.79 Å². The van der Waals surface area contributed by atoms with E-state index >= 15 is 0 Å². The summed E-state index contributed by atoms with van der Waals surface area (Å²) in [7, 11) is 0. The number of imidazole rings is 1. The Bertz CT molecular complexity index is 701. The summed E-state index contributed by atoms with van der Waals surface area (Å²) in [4.78, 5) is 20.8.